The highest BCUT2D eigenvalue weighted by molar-refractivity contribution is 5.67. The predicted octanol–water partition coefficient (Wildman–Crippen LogP) is 1.82. The lowest BCUT2D eigenvalue weighted by Gasteiger charge is -2.20. The number of hydrogen-bond donors (Lipinski definition) is 3. The molecule has 0 aliphatic heterocycles. The van der Waals surface area contributed by atoms with Gasteiger partial charge in [0.15, 0.2) is 0 Å². The number of carbonyl (C=O) groups excluding carboxylic acids is 1. The van der Waals surface area contributed by atoms with Crippen molar-refractivity contribution in [2.24, 2.45) is 0 Å². The summed E-state index contributed by atoms with van der Waals surface area (Å²) in [5.41, 5.74) is 0.336. The first-order chi connectivity index (χ1) is 8.76. The lowest BCUT2D eigenvalue weighted by Crippen LogP contribution is -2.37. The van der Waals surface area contributed by atoms with Crippen molar-refractivity contribution in [3.63, 3.8) is 0 Å². The fourth-order valence-corrected chi connectivity index (χ4v) is 1.49. The molecular weight excluding hydrogens is 246 g/mol. The Morgan fingerprint density at radius 2 is 1.89 bits per heavy atom. The summed E-state index contributed by atoms with van der Waals surface area (Å²) in [5.74, 6) is 0.185. The number of alkyl carbamates (subject to hydrolysis) is 1. The van der Waals surface area contributed by atoms with Crippen molar-refractivity contribution in [1.82, 2.24) is 5.32 Å². The number of aliphatic hydroxyl groups is 1. The second-order valence-electron chi connectivity index (χ2n) is 5.41. The Labute approximate surface area is 113 Å². The molecular formula is C14H21NO4. The molecule has 0 saturated carbocycles. The van der Waals surface area contributed by atoms with E-state index in [4.69, 9.17) is 9.84 Å². The third-order valence-corrected chi connectivity index (χ3v) is 2.29. The molecule has 5 heteroatoms. The van der Waals surface area contributed by atoms with Crippen molar-refractivity contribution < 1.29 is 19.7 Å². The van der Waals surface area contributed by atoms with Gasteiger partial charge in [-0.1, -0.05) is 12.1 Å². The lowest BCUT2D eigenvalue weighted by molar-refractivity contribution is 0.0492. The first kappa shape index (κ1) is 15.3. The van der Waals surface area contributed by atoms with Crippen molar-refractivity contribution in [1.29, 1.82) is 0 Å². The molecule has 1 amide bonds. The number of phenols is 1. The molecule has 0 spiro atoms. The van der Waals surface area contributed by atoms with Gasteiger partial charge in [-0.15, -0.1) is 0 Å². The Morgan fingerprint density at radius 1 is 1.32 bits per heavy atom. The summed E-state index contributed by atoms with van der Waals surface area (Å²) in [6.07, 6.45) is -0.842. The lowest BCUT2D eigenvalue weighted by atomic mass is 10.1. The standard InChI is InChI=1S/C14H21NO4/c1-14(2,3)19-13(18)15-9-12(17)8-10-4-6-11(16)7-5-10/h4-7,12,16-17H,8-9H2,1-3H3,(H,15,18)/t12-/m0/s1. The monoisotopic (exact) mass is 267 g/mol. The Kier molecular flexibility index (Phi) is 5.18. The van der Waals surface area contributed by atoms with Crippen LogP contribution in [-0.4, -0.2) is 34.6 Å². The fraction of sp³-hybridized carbons (Fsp3) is 0.500. The number of amides is 1. The number of carbonyl (C=O) groups is 1. The van der Waals surface area contributed by atoms with E-state index in [1.54, 1.807) is 45.0 Å². The number of nitrogens with one attached hydrogen (secondary N) is 1. The van der Waals surface area contributed by atoms with E-state index in [2.05, 4.69) is 5.32 Å². The highest BCUT2D eigenvalue weighted by atomic mass is 16.6. The first-order valence-electron chi connectivity index (χ1n) is 6.19. The third-order valence-electron chi connectivity index (χ3n) is 2.29. The van der Waals surface area contributed by atoms with E-state index in [1.807, 2.05) is 0 Å². The maximum atomic E-state index is 11.4. The SMILES string of the molecule is CC(C)(C)OC(=O)NC[C@@H](O)Cc1ccc(O)cc1. The molecule has 0 aromatic heterocycles. The van der Waals surface area contributed by atoms with E-state index in [1.165, 1.54) is 0 Å². The molecule has 0 radical (unpaired) electrons. The highest BCUT2D eigenvalue weighted by Crippen LogP contribution is 2.11. The number of aromatic hydroxyl groups is 1. The number of ether oxygens (including phenoxy) is 1. The Balaban J connectivity index is 2.33. The van der Waals surface area contributed by atoms with E-state index < -0.39 is 17.8 Å². The van der Waals surface area contributed by atoms with Crippen LogP contribution in [0.5, 0.6) is 5.75 Å². The van der Waals surface area contributed by atoms with E-state index in [-0.39, 0.29) is 12.3 Å². The van der Waals surface area contributed by atoms with Gasteiger partial charge in [-0.25, -0.2) is 4.79 Å². The molecule has 3 N–H and O–H groups in total. The van der Waals surface area contributed by atoms with Crippen molar-refractivity contribution in [3.05, 3.63) is 29.8 Å². The molecule has 0 bridgehead atoms. The van der Waals surface area contributed by atoms with Crippen LogP contribution in [0, 0.1) is 0 Å². The number of benzene rings is 1. The predicted molar refractivity (Wildman–Crippen MR) is 72.1 cm³/mol. The van der Waals surface area contributed by atoms with Gasteiger partial charge in [0.25, 0.3) is 0 Å². The average molecular weight is 267 g/mol. The first-order valence-corrected chi connectivity index (χ1v) is 6.19. The minimum Gasteiger partial charge on any atom is -0.508 e. The molecule has 0 aliphatic carbocycles. The van der Waals surface area contributed by atoms with Crippen LogP contribution < -0.4 is 5.32 Å². The summed E-state index contributed by atoms with van der Waals surface area (Å²) in [7, 11) is 0. The average Bonchev–Trinajstić information content (AvgIpc) is 2.27. The molecule has 0 fully saturated rings. The van der Waals surface area contributed by atoms with Gasteiger partial charge in [0.2, 0.25) is 0 Å². The van der Waals surface area contributed by atoms with Gasteiger partial charge in [0.05, 0.1) is 6.10 Å². The van der Waals surface area contributed by atoms with Gasteiger partial charge in [-0.05, 0) is 38.5 Å². The second-order valence-corrected chi connectivity index (χ2v) is 5.41. The molecule has 0 saturated heterocycles. The van der Waals surface area contributed by atoms with E-state index in [0.29, 0.717) is 6.42 Å². The summed E-state index contributed by atoms with van der Waals surface area (Å²) < 4.78 is 5.06. The third kappa shape index (κ3) is 6.67. The maximum Gasteiger partial charge on any atom is 0.407 e. The van der Waals surface area contributed by atoms with Gasteiger partial charge in [-0.3, -0.25) is 0 Å². The number of aliphatic hydroxyl groups excluding tert-OH is 1. The quantitative estimate of drug-likeness (QED) is 0.777. The minimum absolute atomic E-state index is 0.121. The van der Waals surface area contributed by atoms with Crippen molar-refractivity contribution >= 4 is 6.09 Å². The van der Waals surface area contributed by atoms with Crippen molar-refractivity contribution in [3.8, 4) is 5.75 Å². The Bertz CT molecular complexity index is 408. The Morgan fingerprint density at radius 3 is 2.42 bits per heavy atom. The topological polar surface area (TPSA) is 78.8 Å². The molecule has 106 valence electrons. The van der Waals surface area contributed by atoms with Gasteiger partial charge in [0.1, 0.15) is 11.4 Å². The minimum atomic E-state index is -0.697. The summed E-state index contributed by atoms with van der Waals surface area (Å²) in [5, 5.41) is 21.4. The number of rotatable bonds is 4. The summed E-state index contributed by atoms with van der Waals surface area (Å²) in [6, 6.07) is 6.57. The molecule has 1 rings (SSSR count). The number of phenolic OH excluding ortho intramolecular Hbond substituents is 1. The molecule has 1 aromatic carbocycles. The molecule has 0 aliphatic rings. The molecule has 5 nitrogen and oxygen atoms in total. The van der Waals surface area contributed by atoms with Crippen molar-refractivity contribution in [2.45, 2.75) is 38.9 Å². The summed E-state index contributed by atoms with van der Waals surface area (Å²) in [6.45, 7) is 5.45. The Hall–Kier alpha value is -1.75. The zero-order chi connectivity index (χ0) is 14.5. The largest absolute Gasteiger partial charge is 0.508 e. The zero-order valence-corrected chi connectivity index (χ0v) is 11.5. The number of hydrogen-bond acceptors (Lipinski definition) is 4. The molecule has 19 heavy (non-hydrogen) atoms. The molecule has 0 heterocycles. The van der Waals surface area contributed by atoms with Crippen LogP contribution in [0.4, 0.5) is 4.79 Å². The van der Waals surface area contributed by atoms with Crippen LogP contribution in [0.1, 0.15) is 26.3 Å². The van der Waals surface area contributed by atoms with E-state index in [9.17, 15) is 9.90 Å². The van der Waals surface area contributed by atoms with Crippen LogP contribution in [0.2, 0.25) is 0 Å². The highest BCUT2D eigenvalue weighted by Gasteiger charge is 2.16. The van der Waals surface area contributed by atoms with Crippen LogP contribution >= 0.6 is 0 Å². The van der Waals surface area contributed by atoms with Crippen LogP contribution in [0.15, 0.2) is 24.3 Å². The summed E-state index contributed by atoms with van der Waals surface area (Å²) in [4.78, 5) is 11.4. The summed E-state index contributed by atoms with van der Waals surface area (Å²) >= 11 is 0. The second kappa shape index (κ2) is 6.43. The van der Waals surface area contributed by atoms with Gasteiger partial charge in [-0.2, -0.15) is 0 Å². The van der Waals surface area contributed by atoms with Crippen LogP contribution in [0.3, 0.4) is 0 Å². The normalized spacial score (nSPS) is 12.8. The van der Waals surface area contributed by atoms with E-state index >= 15 is 0 Å². The van der Waals surface area contributed by atoms with Gasteiger partial charge in [0, 0.05) is 13.0 Å². The molecule has 0 unspecified atom stereocenters. The van der Waals surface area contributed by atoms with Gasteiger partial charge < -0.3 is 20.3 Å². The van der Waals surface area contributed by atoms with E-state index in [0.717, 1.165) is 5.56 Å². The fourth-order valence-electron chi connectivity index (χ4n) is 1.49. The molecule has 1 aromatic rings. The van der Waals surface area contributed by atoms with Gasteiger partial charge >= 0.3 is 6.09 Å². The smallest absolute Gasteiger partial charge is 0.407 e. The molecule has 1 atom stereocenters. The zero-order valence-electron chi connectivity index (χ0n) is 11.5. The van der Waals surface area contributed by atoms with Crippen LogP contribution in [-0.2, 0) is 11.2 Å². The maximum absolute atomic E-state index is 11.4. The van der Waals surface area contributed by atoms with Crippen LogP contribution in [0.25, 0.3) is 0 Å². The van der Waals surface area contributed by atoms with Crippen molar-refractivity contribution in [2.75, 3.05) is 6.54 Å².